The molecule has 94 valence electrons. The third kappa shape index (κ3) is 3.20. The first kappa shape index (κ1) is 12.4. The second-order valence-corrected chi connectivity index (χ2v) is 4.15. The van der Waals surface area contributed by atoms with E-state index in [1.165, 1.54) is 0 Å². The molecule has 0 saturated heterocycles. The van der Waals surface area contributed by atoms with Crippen molar-refractivity contribution >= 4 is 11.6 Å². The standard InChI is InChI=1S/C14H17N3O/c1-2-3-5-14(18)16-12-6-8-13(9-7-12)17-11-4-10-15-17/h4,6-11H,2-3,5H2,1H3,(H,16,18). The number of carbonyl (C=O) groups is 1. The third-order valence-corrected chi connectivity index (χ3v) is 2.68. The molecule has 0 bridgehead atoms. The van der Waals surface area contributed by atoms with Gasteiger partial charge in [0.15, 0.2) is 0 Å². The molecule has 1 aromatic carbocycles. The molecule has 0 atom stereocenters. The van der Waals surface area contributed by atoms with Gasteiger partial charge in [0.05, 0.1) is 5.69 Å². The van der Waals surface area contributed by atoms with E-state index in [4.69, 9.17) is 0 Å². The Balaban J connectivity index is 1.98. The van der Waals surface area contributed by atoms with Crippen LogP contribution in [0.5, 0.6) is 0 Å². The number of anilines is 1. The maximum atomic E-state index is 11.6. The first-order chi connectivity index (χ1) is 8.79. The van der Waals surface area contributed by atoms with Crippen LogP contribution >= 0.6 is 0 Å². The van der Waals surface area contributed by atoms with Crippen molar-refractivity contribution in [3.8, 4) is 5.69 Å². The average Bonchev–Trinajstić information content (AvgIpc) is 2.91. The molecule has 0 fully saturated rings. The molecule has 0 aliphatic rings. The minimum atomic E-state index is 0.0729. The molecule has 0 radical (unpaired) electrons. The topological polar surface area (TPSA) is 46.9 Å². The van der Waals surface area contributed by atoms with E-state index in [9.17, 15) is 4.79 Å². The quantitative estimate of drug-likeness (QED) is 0.877. The van der Waals surface area contributed by atoms with Gasteiger partial charge in [-0.3, -0.25) is 4.79 Å². The van der Waals surface area contributed by atoms with Gasteiger partial charge in [0.25, 0.3) is 0 Å². The zero-order valence-electron chi connectivity index (χ0n) is 10.5. The Labute approximate surface area is 107 Å². The number of nitrogens with zero attached hydrogens (tertiary/aromatic N) is 2. The third-order valence-electron chi connectivity index (χ3n) is 2.68. The molecular weight excluding hydrogens is 226 g/mol. The summed E-state index contributed by atoms with van der Waals surface area (Å²) in [7, 11) is 0. The summed E-state index contributed by atoms with van der Waals surface area (Å²) in [6.07, 6.45) is 6.16. The van der Waals surface area contributed by atoms with Gasteiger partial charge < -0.3 is 5.32 Å². The number of hydrogen-bond acceptors (Lipinski definition) is 2. The van der Waals surface area contributed by atoms with Crippen LogP contribution in [0.15, 0.2) is 42.7 Å². The minimum absolute atomic E-state index is 0.0729. The van der Waals surface area contributed by atoms with Crippen molar-refractivity contribution in [3.63, 3.8) is 0 Å². The van der Waals surface area contributed by atoms with Crippen LogP contribution in [-0.4, -0.2) is 15.7 Å². The normalized spacial score (nSPS) is 10.3. The fourth-order valence-electron chi connectivity index (χ4n) is 1.68. The highest BCUT2D eigenvalue weighted by molar-refractivity contribution is 5.90. The molecule has 0 saturated carbocycles. The van der Waals surface area contributed by atoms with E-state index >= 15 is 0 Å². The van der Waals surface area contributed by atoms with Gasteiger partial charge in [-0.1, -0.05) is 13.3 Å². The lowest BCUT2D eigenvalue weighted by Gasteiger charge is -2.06. The first-order valence-corrected chi connectivity index (χ1v) is 6.19. The fraction of sp³-hybridized carbons (Fsp3) is 0.286. The van der Waals surface area contributed by atoms with Gasteiger partial charge in [0, 0.05) is 24.5 Å². The van der Waals surface area contributed by atoms with Crippen LogP contribution in [0.4, 0.5) is 5.69 Å². The molecule has 0 aliphatic carbocycles. The van der Waals surface area contributed by atoms with Crippen molar-refractivity contribution < 1.29 is 4.79 Å². The maximum absolute atomic E-state index is 11.6. The van der Waals surface area contributed by atoms with Crippen LogP contribution in [-0.2, 0) is 4.79 Å². The lowest BCUT2D eigenvalue weighted by Crippen LogP contribution is -2.10. The van der Waals surface area contributed by atoms with Gasteiger partial charge in [0.1, 0.15) is 0 Å². The van der Waals surface area contributed by atoms with Crippen molar-refractivity contribution in [1.82, 2.24) is 9.78 Å². The summed E-state index contributed by atoms with van der Waals surface area (Å²) in [5.74, 6) is 0.0729. The number of carbonyl (C=O) groups excluding carboxylic acids is 1. The number of aromatic nitrogens is 2. The number of rotatable bonds is 5. The van der Waals surface area contributed by atoms with E-state index < -0.39 is 0 Å². The van der Waals surface area contributed by atoms with E-state index in [1.54, 1.807) is 10.9 Å². The van der Waals surface area contributed by atoms with Crippen LogP contribution in [0.25, 0.3) is 5.69 Å². The molecule has 18 heavy (non-hydrogen) atoms. The van der Waals surface area contributed by atoms with Gasteiger partial charge in [0.2, 0.25) is 5.91 Å². The molecule has 2 rings (SSSR count). The highest BCUT2D eigenvalue weighted by atomic mass is 16.1. The smallest absolute Gasteiger partial charge is 0.224 e. The van der Waals surface area contributed by atoms with Crippen LogP contribution in [0, 0.1) is 0 Å². The minimum Gasteiger partial charge on any atom is -0.326 e. The highest BCUT2D eigenvalue weighted by Gasteiger charge is 2.02. The molecule has 0 unspecified atom stereocenters. The average molecular weight is 243 g/mol. The molecule has 4 heteroatoms. The molecule has 0 spiro atoms. The second-order valence-electron chi connectivity index (χ2n) is 4.15. The Hall–Kier alpha value is -2.10. The molecule has 2 aromatic rings. The Bertz CT molecular complexity index is 488. The van der Waals surface area contributed by atoms with Crippen molar-refractivity contribution in [2.45, 2.75) is 26.2 Å². The van der Waals surface area contributed by atoms with Crippen LogP contribution in [0.1, 0.15) is 26.2 Å². The van der Waals surface area contributed by atoms with E-state index in [2.05, 4.69) is 17.3 Å². The largest absolute Gasteiger partial charge is 0.326 e. The Morgan fingerprint density at radius 3 is 2.72 bits per heavy atom. The number of nitrogens with one attached hydrogen (secondary N) is 1. The second kappa shape index (κ2) is 6.00. The maximum Gasteiger partial charge on any atom is 0.224 e. The highest BCUT2D eigenvalue weighted by Crippen LogP contribution is 2.13. The Kier molecular flexibility index (Phi) is 4.12. The molecule has 4 nitrogen and oxygen atoms in total. The summed E-state index contributed by atoms with van der Waals surface area (Å²) >= 11 is 0. The van der Waals surface area contributed by atoms with E-state index in [-0.39, 0.29) is 5.91 Å². The SMILES string of the molecule is CCCCC(=O)Nc1ccc(-n2cccn2)cc1. The summed E-state index contributed by atoms with van der Waals surface area (Å²) in [6.45, 7) is 2.08. The molecule has 1 aromatic heterocycles. The zero-order chi connectivity index (χ0) is 12.8. The van der Waals surface area contributed by atoms with Crippen LogP contribution in [0.3, 0.4) is 0 Å². The lowest BCUT2D eigenvalue weighted by molar-refractivity contribution is -0.116. The monoisotopic (exact) mass is 243 g/mol. The summed E-state index contributed by atoms with van der Waals surface area (Å²) in [5, 5.41) is 7.03. The number of amides is 1. The van der Waals surface area contributed by atoms with E-state index in [0.717, 1.165) is 24.2 Å². The van der Waals surface area contributed by atoms with Crippen LogP contribution in [0.2, 0.25) is 0 Å². The van der Waals surface area contributed by atoms with Gasteiger partial charge in [-0.05, 0) is 36.8 Å². The zero-order valence-corrected chi connectivity index (χ0v) is 10.5. The Morgan fingerprint density at radius 1 is 1.33 bits per heavy atom. The molecular formula is C14H17N3O. The van der Waals surface area contributed by atoms with Gasteiger partial charge in [-0.25, -0.2) is 4.68 Å². The van der Waals surface area contributed by atoms with Gasteiger partial charge in [-0.2, -0.15) is 5.10 Å². The summed E-state index contributed by atoms with van der Waals surface area (Å²) < 4.78 is 1.78. The first-order valence-electron chi connectivity index (χ1n) is 6.19. The van der Waals surface area contributed by atoms with E-state index in [0.29, 0.717) is 6.42 Å². The lowest BCUT2D eigenvalue weighted by atomic mass is 10.2. The molecule has 1 amide bonds. The number of unbranched alkanes of at least 4 members (excludes halogenated alkanes) is 1. The summed E-state index contributed by atoms with van der Waals surface area (Å²) in [6, 6.07) is 9.52. The van der Waals surface area contributed by atoms with E-state index in [1.807, 2.05) is 36.5 Å². The molecule has 1 heterocycles. The molecule has 0 aliphatic heterocycles. The predicted octanol–water partition coefficient (Wildman–Crippen LogP) is 3.00. The van der Waals surface area contributed by atoms with Crippen molar-refractivity contribution in [1.29, 1.82) is 0 Å². The van der Waals surface area contributed by atoms with Crippen molar-refractivity contribution in [2.24, 2.45) is 0 Å². The summed E-state index contributed by atoms with van der Waals surface area (Å²) in [4.78, 5) is 11.6. The predicted molar refractivity (Wildman–Crippen MR) is 71.7 cm³/mol. The van der Waals surface area contributed by atoms with Gasteiger partial charge in [-0.15, -0.1) is 0 Å². The van der Waals surface area contributed by atoms with Crippen molar-refractivity contribution in [2.75, 3.05) is 5.32 Å². The Morgan fingerprint density at radius 2 is 2.11 bits per heavy atom. The number of benzene rings is 1. The van der Waals surface area contributed by atoms with Crippen LogP contribution < -0.4 is 5.32 Å². The molecule has 1 N–H and O–H groups in total. The van der Waals surface area contributed by atoms with Crippen molar-refractivity contribution in [3.05, 3.63) is 42.7 Å². The fourth-order valence-corrected chi connectivity index (χ4v) is 1.68. The van der Waals surface area contributed by atoms with Gasteiger partial charge >= 0.3 is 0 Å². The summed E-state index contributed by atoms with van der Waals surface area (Å²) in [5.41, 5.74) is 1.80. The number of hydrogen-bond donors (Lipinski definition) is 1.